The Hall–Kier alpha value is -3.11. The zero-order valence-electron chi connectivity index (χ0n) is 21.5. The summed E-state index contributed by atoms with van der Waals surface area (Å²) >= 11 is 0. The van der Waals surface area contributed by atoms with Gasteiger partial charge in [-0.05, 0) is 95.2 Å². The second-order valence-corrected chi connectivity index (χ2v) is 9.90. The van der Waals surface area contributed by atoms with Crippen molar-refractivity contribution in [2.75, 3.05) is 0 Å². The topological polar surface area (TPSA) is 12.9 Å². The third-order valence-corrected chi connectivity index (χ3v) is 6.20. The molecule has 0 saturated carbocycles. The smallest absolute Gasteiger partial charge is 0.120 e. The molecule has 3 rings (SSSR count). The molecule has 3 aromatic rings. The highest BCUT2D eigenvalue weighted by molar-refractivity contribution is 5.78. The SMILES string of the molecule is C#Cc1nc(-c2cc(C)cc(-c3c(C(C)C)cc(C(C)C)cc3C(C)C)c2)ccc1/C=C\C. The van der Waals surface area contributed by atoms with Crippen LogP contribution in [0.2, 0.25) is 0 Å². The molecule has 0 bridgehead atoms. The van der Waals surface area contributed by atoms with Crippen molar-refractivity contribution in [2.45, 2.75) is 73.1 Å². The van der Waals surface area contributed by atoms with Crippen LogP contribution in [0.4, 0.5) is 0 Å². The molecule has 0 fully saturated rings. The average molecular weight is 436 g/mol. The molecule has 0 aliphatic heterocycles. The van der Waals surface area contributed by atoms with Gasteiger partial charge in [0.05, 0.1) is 5.69 Å². The van der Waals surface area contributed by atoms with Crippen molar-refractivity contribution < 1.29 is 0 Å². The van der Waals surface area contributed by atoms with Crippen molar-refractivity contribution in [2.24, 2.45) is 0 Å². The second-order valence-electron chi connectivity index (χ2n) is 9.90. The maximum absolute atomic E-state index is 5.78. The first kappa shape index (κ1) is 24.5. The predicted molar refractivity (Wildman–Crippen MR) is 145 cm³/mol. The van der Waals surface area contributed by atoms with Gasteiger partial charge in [-0.15, -0.1) is 6.42 Å². The third kappa shape index (κ3) is 5.28. The average Bonchev–Trinajstić information content (AvgIpc) is 2.77. The van der Waals surface area contributed by atoms with Gasteiger partial charge < -0.3 is 0 Å². The highest BCUT2D eigenvalue weighted by Gasteiger charge is 2.19. The number of allylic oxidation sites excluding steroid dienone is 1. The number of benzene rings is 2. The van der Waals surface area contributed by atoms with Crippen LogP contribution in [0.25, 0.3) is 28.5 Å². The minimum Gasteiger partial charge on any atom is -0.239 e. The van der Waals surface area contributed by atoms with Crippen molar-refractivity contribution in [3.05, 3.63) is 82.1 Å². The lowest BCUT2D eigenvalue weighted by atomic mass is 9.81. The molecule has 1 heteroatoms. The highest BCUT2D eigenvalue weighted by atomic mass is 14.7. The third-order valence-electron chi connectivity index (χ3n) is 6.20. The number of terminal acetylenes is 1. The molecular weight excluding hydrogens is 398 g/mol. The summed E-state index contributed by atoms with van der Waals surface area (Å²) in [6.45, 7) is 17.9. The van der Waals surface area contributed by atoms with Crippen LogP contribution in [0.15, 0.2) is 48.5 Å². The maximum Gasteiger partial charge on any atom is 0.120 e. The number of hydrogen-bond donors (Lipinski definition) is 0. The molecule has 0 atom stereocenters. The molecule has 1 heterocycles. The molecule has 170 valence electrons. The summed E-state index contributed by atoms with van der Waals surface area (Å²) in [6.07, 6.45) is 9.77. The van der Waals surface area contributed by atoms with E-state index in [4.69, 9.17) is 11.4 Å². The molecule has 0 aliphatic carbocycles. The van der Waals surface area contributed by atoms with Crippen LogP contribution in [0.5, 0.6) is 0 Å². The minimum atomic E-state index is 0.437. The summed E-state index contributed by atoms with van der Waals surface area (Å²) in [7, 11) is 0. The van der Waals surface area contributed by atoms with Crippen LogP contribution in [0, 0.1) is 19.3 Å². The van der Waals surface area contributed by atoms with E-state index in [1.807, 2.05) is 19.1 Å². The van der Waals surface area contributed by atoms with Crippen LogP contribution in [0.3, 0.4) is 0 Å². The van der Waals surface area contributed by atoms with E-state index >= 15 is 0 Å². The Kier molecular flexibility index (Phi) is 7.60. The summed E-state index contributed by atoms with van der Waals surface area (Å²) in [5, 5.41) is 0. The van der Waals surface area contributed by atoms with Gasteiger partial charge in [-0.3, -0.25) is 0 Å². The van der Waals surface area contributed by atoms with Crippen LogP contribution >= 0.6 is 0 Å². The molecule has 2 aromatic carbocycles. The Morgan fingerprint density at radius 1 is 0.818 bits per heavy atom. The van der Waals surface area contributed by atoms with E-state index in [-0.39, 0.29) is 0 Å². The minimum absolute atomic E-state index is 0.437. The van der Waals surface area contributed by atoms with Gasteiger partial charge in [-0.25, -0.2) is 4.98 Å². The van der Waals surface area contributed by atoms with Crippen LogP contribution in [-0.2, 0) is 0 Å². The van der Waals surface area contributed by atoms with Gasteiger partial charge in [-0.2, -0.15) is 0 Å². The quantitative estimate of drug-likeness (QED) is 0.352. The van der Waals surface area contributed by atoms with Gasteiger partial charge >= 0.3 is 0 Å². The summed E-state index contributed by atoms with van der Waals surface area (Å²) in [6, 6.07) is 15.8. The van der Waals surface area contributed by atoms with Crippen molar-refractivity contribution in [3.8, 4) is 34.7 Å². The number of pyridine rings is 1. The zero-order chi connectivity index (χ0) is 24.3. The summed E-state index contributed by atoms with van der Waals surface area (Å²) in [5.74, 6) is 4.13. The molecule has 0 saturated heterocycles. The van der Waals surface area contributed by atoms with Crippen molar-refractivity contribution >= 4 is 6.08 Å². The Bertz CT molecular complexity index is 1190. The van der Waals surface area contributed by atoms with Gasteiger partial charge in [0.15, 0.2) is 0 Å². The molecule has 0 aliphatic rings. The van der Waals surface area contributed by atoms with Gasteiger partial charge in [0.25, 0.3) is 0 Å². The molecular formula is C32H37N. The monoisotopic (exact) mass is 435 g/mol. The second kappa shape index (κ2) is 10.2. The first-order chi connectivity index (χ1) is 15.7. The summed E-state index contributed by atoms with van der Waals surface area (Å²) in [5.41, 5.74) is 11.8. The van der Waals surface area contributed by atoms with E-state index in [2.05, 4.69) is 96.9 Å². The van der Waals surface area contributed by atoms with Crippen molar-refractivity contribution in [1.29, 1.82) is 0 Å². The summed E-state index contributed by atoms with van der Waals surface area (Å²) in [4.78, 5) is 4.82. The highest BCUT2D eigenvalue weighted by Crippen LogP contribution is 2.40. The van der Waals surface area contributed by atoms with E-state index in [0.29, 0.717) is 23.4 Å². The first-order valence-electron chi connectivity index (χ1n) is 12.1. The number of nitrogens with zero attached hydrogens (tertiary/aromatic N) is 1. The van der Waals surface area contributed by atoms with E-state index in [1.54, 1.807) is 0 Å². The van der Waals surface area contributed by atoms with Crippen molar-refractivity contribution in [1.82, 2.24) is 4.98 Å². The van der Waals surface area contributed by atoms with Gasteiger partial charge in [0.1, 0.15) is 5.69 Å². The molecule has 1 aromatic heterocycles. The number of aryl methyl sites for hydroxylation is 1. The lowest BCUT2D eigenvalue weighted by molar-refractivity contribution is 0.807. The van der Waals surface area contributed by atoms with Crippen molar-refractivity contribution in [3.63, 3.8) is 0 Å². The maximum atomic E-state index is 5.78. The first-order valence-corrected chi connectivity index (χ1v) is 12.1. The predicted octanol–water partition coefficient (Wildman–Crippen LogP) is 9.11. The lowest BCUT2D eigenvalue weighted by Crippen LogP contribution is -2.04. The van der Waals surface area contributed by atoms with Gasteiger partial charge in [-0.1, -0.05) is 71.9 Å². The zero-order valence-corrected chi connectivity index (χ0v) is 21.5. The van der Waals surface area contributed by atoms with E-state index in [1.165, 1.54) is 33.4 Å². The number of hydrogen-bond acceptors (Lipinski definition) is 1. The van der Waals surface area contributed by atoms with E-state index in [9.17, 15) is 0 Å². The molecule has 0 spiro atoms. The Balaban J connectivity index is 2.27. The van der Waals surface area contributed by atoms with Gasteiger partial charge in [0.2, 0.25) is 0 Å². The number of aromatic nitrogens is 1. The molecule has 0 unspecified atom stereocenters. The summed E-state index contributed by atoms with van der Waals surface area (Å²) < 4.78 is 0. The number of rotatable bonds is 6. The van der Waals surface area contributed by atoms with E-state index < -0.39 is 0 Å². The molecule has 1 nitrogen and oxygen atoms in total. The Labute approximate surface area is 201 Å². The van der Waals surface area contributed by atoms with Crippen LogP contribution in [0.1, 0.15) is 99.7 Å². The van der Waals surface area contributed by atoms with E-state index in [0.717, 1.165) is 16.8 Å². The lowest BCUT2D eigenvalue weighted by Gasteiger charge is -2.24. The molecule has 0 radical (unpaired) electrons. The Morgan fingerprint density at radius 3 is 1.94 bits per heavy atom. The van der Waals surface area contributed by atoms with Crippen LogP contribution in [-0.4, -0.2) is 4.98 Å². The van der Waals surface area contributed by atoms with Gasteiger partial charge in [0, 0.05) is 11.1 Å². The fraction of sp³-hybridized carbons (Fsp3) is 0.344. The van der Waals surface area contributed by atoms with Crippen LogP contribution < -0.4 is 0 Å². The molecule has 0 N–H and O–H groups in total. The Morgan fingerprint density at radius 2 is 1.42 bits per heavy atom. The fourth-order valence-electron chi connectivity index (χ4n) is 4.42. The molecule has 0 amide bonds. The normalized spacial score (nSPS) is 11.7. The largest absolute Gasteiger partial charge is 0.239 e. The fourth-order valence-corrected chi connectivity index (χ4v) is 4.42. The standard InChI is InChI=1S/C32H37N/c1-10-12-24-13-14-31(33-30(24)11-2)26-15-23(9)16-27(17-26)32-28(21(5)6)18-25(20(3)4)19-29(32)22(7)8/h2,10,12-22H,1,3-9H3/b12-10-. The molecule has 33 heavy (non-hydrogen) atoms.